The van der Waals surface area contributed by atoms with Crippen LogP contribution in [0, 0.1) is 5.82 Å². The van der Waals surface area contributed by atoms with Crippen molar-refractivity contribution in [3.8, 4) is 0 Å². The molecule has 31 heavy (non-hydrogen) atoms. The average Bonchev–Trinajstić information content (AvgIpc) is 3.09. The maximum Gasteiger partial charge on any atom is 0.407 e. The monoisotopic (exact) mass is 457 g/mol. The number of esters is 1. The molecule has 9 heteroatoms. The number of nitrogens with zero attached hydrogens (tertiary/aromatic N) is 1. The Bertz CT molecular complexity index is 813. The third-order valence-corrected chi connectivity index (χ3v) is 5.29. The fraction of sp³-hybridized carbons (Fsp3) is 0.636. The Morgan fingerprint density at radius 2 is 2.03 bits per heavy atom. The van der Waals surface area contributed by atoms with Crippen molar-refractivity contribution >= 4 is 35.0 Å². The molecule has 0 bridgehead atoms. The van der Waals surface area contributed by atoms with E-state index in [1.807, 2.05) is 13.8 Å². The molecule has 1 amide bonds. The molecular weight excluding hydrogens is 425 g/mol. The van der Waals surface area contributed by atoms with Gasteiger partial charge in [-0.2, -0.15) is 0 Å². The van der Waals surface area contributed by atoms with Gasteiger partial charge in [-0.3, -0.25) is 0 Å². The first-order chi connectivity index (χ1) is 14.5. The Hall–Kier alpha value is -2.22. The van der Waals surface area contributed by atoms with Gasteiger partial charge in [0, 0.05) is 19.1 Å². The van der Waals surface area contributed by atoms with E-state index < -0.39 is 23.5 Å². The summed E-state index contributed by atoms with van der Waals surface area (Å²) in [5, 5.41) is 6.16. The van der Waals surface area contributed by atoms with E-state index in [-0.39, 0.29) is 35.0 Å². The molecule has 0 spiro atoms. The fourth-order valence-electron chi connectivity index (χ4n) is 3.31. The molecular formula is C22H33ClFN3O4. The molecule has 1 aromatic rings. The second-order valence-corrected chi connectivity index (χ2v) is 9.07. The summed E-state index contributed by atoms with van der Waals surface area (Å²) < 4.78 is 25.5. The summed E-state index contributed by atoms with van der Waals surface area (Å²) in [6.07, 6.45) is 0.891. The number of rotatable bonds is 7. The number of nitrogens with one attached hydrogen (secondary N) is 2. The Balaban J connectivity index is 2.29. The van der Waals surface area contributed by atoms with Crippen molar-refractivity contribution in [2.75, 3.05) is 29.9 Å². The summed E-state index contributed by atoms with van der Waals surface area (Å²) in [6, 6.07) is 0.976. The van der Waals surface area contributed by atoms with Crippen LogP contribution in [-0.2, 0) is 9.47 Å². The summed E-state index contributed by atoms with van der Waals surface area (Å²) in [6.45, 7) is 12.0. The first-order valence-corrected chi connectivity index (χ1v) is 11.0. The molecule has 1 fully saturated rings. The molecule has 1 heterocycles. The minimum atomic E-state index is -0.633. The van der Waals surface area contributed by atoms with Crippen LogP contribution in [0.25, 0.3) is 0 Å². The first kappa shape index (κ1) is 25.0. The lowest BCUT2D eigenvalue weighted by atomic mass is 10.1. The highest BCUT2D eigenvalue weighted by Crippen LogP contribution is 2.40. The van der Waals surface area contributed by atoms with Gasteiger partial charge in [0.25, 0.3) is 0 Å². The van der Waals surface area contributed by atoms with Crippen molar-refractivity contribution in [1.82, 2.24) is 5.32 Å². The number of carbonyl (C=O) groups excluding carboxylic acids is 2. The molecule has 1 aliphatic rings. The van der Waals surface area contributed by atoms with E-state index in [0.717, 1.165) is 6.42 Å². The summed E-state index contributed by atoms with van der Waals surface area (Å²) in [5.41, 5.74) is 0.0246. The lowest BCUT2D eigenvalue weighted by Gasteiger charge is -2.26. The maximum atomic E-state index is 15.1. The largest absolute Gasteiger partial charge is 0.462 e. The van der Waals surface area contributed by atoms with Crippen LogP contribution < -0.4 is 15.5 Å². The number of halogens is 2. The van der Waals surface area contributed by atoms with Crippen LogP contribution in [0.5, 0.6) is 0 Å². The number of anilines is 2. The van der Waals surface area contributed by atoms with Gasteiger partial charge in [0.1, 0.15) is 11.4 Å². The third-order valence-electron chi connectivity index (χ3n) is 4.92. The van der Waals surface area contributed by atoms with Gasteiger partial charge in [0.15, 0.2) is 0 Å². The molecule has 2 N–H and O–H groups in total. The number of carbonyl (C=O) groups is 2. The van der Waals surface area contributed by atoms with Gasteiger partial charge in [0.05, 0.1) is 34.6 Å². The van der Waals surface area contributed by atoms with E-state index in [9.17, 15) is 9.59 Å². The number of benzene rings is 1. The normalized spacial score (nSPS) is 17.3. The van der Waals surface area contributed by atoms with Crippen LogP contribution in [0.15, 0.2) is 6.07 Å². The van der Waals surface area contributed by atoms with Crippen molar-refractivity contribution in [2.45, 2.75) is 72.1 Å². The summed E-state index contributed by atoms with van der Waals surface area (Å²) in [5.74, 6) is -1.24. The average molecular weight is 458 g/mol. The quantitative estimate of drug-likeness (QED) is 0.563. The highest BCUT2D eigenvalue weighted by atomic mass is 35.5. The number of alkyl carbamates (subject to hydrolysis) is 1. The molecule has 0 aromatic heterocycles. The van der Waals surface area contributed by atoms with E-state index >= 15 is 4.39 Å². The van der Waals surface area contributed by atoms with E-state index in [1.54, 1.807) is 32.6 Å². The summed E-state index contributed by atoms with van der Waals surface area (Å²) in [7, 11) is 0. The predicted octanol–water partition coefficient (Wildman–Crippen LogP) is 4.97. The predicted molar refractivity (Wildman–Crippen MR) is 121 cm³/mol. The van der Waals surface area contributed by atoms with Crippen LogP contribution >= 0.6 is 11.6 Å². The first-order valence-electron chi connectivity index (χ1n) is 10.7. The lowest BCUT2D eigenvalue weighted by molar-refractivity contribution is 0.0504. The molecule has 1 saturated heterocycles. The molecule has 0 aliphatic carbocycles. The molecule has 174 valence electrons. The van der Waals surface area contributed by atoms with Crippen molar-refractivity contribution < 1.29 is 23.5 Å². The molecule has 1 aromatic carbocycles. The summed E-state index contributed by atoms with van der Waals surface area (Å²) >= 11 is 6.62. The van der Waals surface area contributed by atoms with Crippen molar-refractivity contribution in [1.29, 1.82) is 0 Å². The van der Waals surface area contributed by atoms with Gasteiger partial charge in [-0.1, -0.05) is 18.5 Å². The molecule has 0 radical (unpaired) electrons. The summed E-state index contributed by atoms with van der Waals surface area (Å²) in [4.78, 5) is 26.2. The Labute approximate surface area is 188 Å². The maximum absolute atomic E-state index is 15.1. The second kappa shape index (κ2) is 10.4. The molecule has 2 rings (SSSR count). The number of amides is 1. The van der Waals surface area contributed by atoms with Crippen LogP contribution in [0.1, 0.15) is 64.7 Å². The van der Waals surface area contributed by atoms with Gasteiger partial charge in [-0.05, 0) is 53.5 Å². The van der Waals surface area contributed by atoms with E-state index in [2.05, 4.69) is 10.6 Å². The van der Waals surface area contributed by atoms with Gasteiger partial charge in [-0.15, -0.1) is 0 Å². The number of hydrogen-bond acceptors (Lipinski definition) is 6. The zero-order valence-electron chi connectivity index (χ0n) is 19.1. The Morgan fingerprint density at radius 1 is 1.35 bits per heavy atom. The molecule has 1 unspecified atom stereocenters. The van der Waals surface area contributed by atoms with E-state index in [1.165, 1.54) is 6.07 Å². The minimum Gasteiger partial charge on any atom is -0.462 e. The highest BCUT2D eigenvalue weighted by Gasteiger charge is 2.31. The standard InChI is InChI=1S/C22H33ClFN3O4/c1-7-13(3)25-18-15(20(28)30-8-2)11-16(24)19(17(18)23)27-10-9-14(12-27)26-21(29)31-22(4,5)6/h11,13-14,25H,7-10,12H2,1-6H3,(H,26,29)/t13?,14-/m0/s1. The lowest BCUT2D eigenvalue weighted by Crippen LogP contribution is -2.40. The Kier molecular flexibility index (Phi) is 8.40. The second-order valence-electron chi connectivity index (χ2n) is 8.70. The zero-order valence-corrected chi connectivity index (χ0v) is 19.9. The van der Waals surface area contributed by atoms with Crippen LogP contribution in [0.3, 0.4) is 0 Å². The van der Waals surface area contributed by atoms with Crippen molar-refractivity contribution in [3.63, 3.8) is 0 Å². The fourth-order valence-corrected chi connectivity index (χ4v) is 3.68. The van der Waals surface area contributed by atoms with E-state index in [0.29, 0.717) is 25.2 Å². The minimum absolute atomic E-state index is 0.0177. The van der Waals surface area contributed by atoms with Crippen molar-refractivity contribution in [3.05, 3.63) is 22.5 Å². The van der Waals surface area contributed by atoms with Crippen molar-refractivity contribution in [2.24, 2.45) is 0 Å². The Morgan fingerprint density at radius 3 is 2.61 bits per heavy atom. The molecule has 1 aliphatic heterocycles. The molecule has 7 nitrogen and oxygen atoms in total. The zero-order chi connectivity index (χ0) is 23.3. The smallest absolute Gasteiger partial charge is 0.407 e. The van der Waals surface area contributed by atoms with Gasteiger partial charge >= 0.3 is 12.1 Å². The number of ether oxygens (including phenoxy) is 2. The van der Waals surface area contributed by atoms with Crippen LogP contribution in [0.2, 0.25) is 5.02 Å². The third kappa shape index (κ3) is 6.63. The van der Waals surface area contributed by atoms with Crippen LogP contribution in [0.4, 0.5) is 20.6 Å². The van der Waals surface area contributed by atoms with Gasteiger partial charge < -0.3 is 25.0 Å². The molecule has 2 atom stereocenters. The SMILES string of the molecule is CCOC(=O)c1cc(F)c(N2CC[C@H](NC(=O)OC(C)(C)C)C2)c(Cl)c1NC(C)CC. The van der Waals surface area contributed by atoms with E-state index in [4.69, 9.17) is 21.1 Å². The van der Waals surface area contributed by atoms with Crippen LogP contribution in [-0.4, -0.2) is 49.4 Å². The number of hydrogen-bond donors (Lipinski definition) is 2. The topological polar surface area (TPSA) is 79.9 Å². The van der Waals surface area contributed by atoms with Gasteiger partial charge in [0.2, 0.25) is 0 Å². The molecule has 0 saturated carbocycles. The highest BCUT2D eigenvalue weighted by molar-refractivity contribution is 6.37. The van der Waals surface area contributed by atoms with Gasteiger partial charge in [-0.25, -0.2) is 14.0 Å².